The number of ether oxygens (including phenoxy) is 1. The van der Waals surface area contributed by atoms with E-state index in [9.17, 15) is 4.79 Å². The van der Waals surface area contributed by atoms with E-state index in [4.69, 9.17) is 4.74 Å². The van der Waals surface area contributed by atoms with Gasteiger partial charge >= 0.3 is 0 Å². The largest absolute Gasteiger partial charge is 0.495 e. The van der Waals surface area contributed by atoms with Gasteiger partial charge < -0.3 is 4.74 Å². The number of hydrogen-bond donors (Lipinski definition) is 0. The van der Waals surface area contributed by atoms with E-state index in [0.717, 1.165) is 10.9 Å². The second-order valence-corrected chi connectivity index (χ2v) is 7.45. The molecular formula is C18H23BrO2. The first-order valence-corrected chi connectivity index (χ1v) is 8.12. The third-order valence-corrected chi connectivity index (χ3v) is 5.00. The Labute approximate surface area is 135 Å². The maximum Gasteiger partial charge on any atom is 0.163 e. The van der Waals surface area contributed by atoms with E-state index < -0.39 is 0 Å². The monoisotopic (exact) mass is 350 g/mol. The van der Waals surface area contributed by atoms with Gasteiger partial charge in [0.1, 0.15) is 5.75 Å². The number of benzene rings is 1. The maximum absolute atomic E-state index is 12.0. The number of allylic oxidation sites excluding steroid dienone is 2. The van der Waals surface area contributed by atoms with Gasteiger partial charge in [-0.15, -0.1) is 0 Å². The molecule has 0 unspecified atom stereocenters. The van der Waals surface area contributed by atoms with Crippen LogP contribution in [0.3, 0.4) is 0 Å². The minimum absolute atomic E-state index is 0.0230. The molecule has 21 heavy (non-hydrogen) atoms. The Hall–Kier alpha value is -1.09. The number of ketones is 1. The van der Waals surface area contributed by atoms with Gasteiger partial charge in [0, 0.05) is 0 Å². The van der Waals surface area contributed by atoms with E-state index in [1.165, 1.54) is 16.7 Å². The second kappa shape index (κ2) is 5.60. The normalized spacial score (nSPS) is 16.5. The summed E-state index contributed by atoms with van der Waals surface area (Å²) < 4.78 is 6.43. The van der Waals surface area contributed by atoms with Crippen LogP contribution in [-0.4, -0.2) is 12.9 Å². The SMILES string of the molecule is COc1c(C(C)=O)cc2c(c1Br)C(C)(C)CC=C2C(C)C. The van der Waals surface area contributed by atoms with Gasteiger partial charge in [-0.1, -0.05) is 33.8 Å². The van der Waals surface area contributed by atoms with Crippen LogP contribution < -0.4 is 4.74 Å². The van der Waals surface area contributed by atoms with Crippen molar-refractivity contribution in [2.75, 3.05) is 7.11 Å². The minimum atomic E-state index is 0.0230. The van der Waals surface area contributed by atoms with E-state index in [1.807, 2.05) is 6.07 Å². The number of fused-ring (bicyclic) bond motifs is 1. The molecule has 114 valence electrons. The molecule has 0 aromatic heterocycles. The van der Waals surface area contributed by atoms with Gasteiger partial charge in [0.05, 0.1) is 17.1 Å². The molecule has 0 bridgehead atoms. The van der Waals surface area contributed by atoms with Gasteiger partial charge in [-0.3, -0.25) is 4.79 Å². The zero-order valence-corrected chi connectivity index (χ0v) is 15.2. The first-order valence-electron chi connectivity index (χ1n) is 7.33. The smallest absolute Gasteiger partial charge is 0.163 e. The maximum atomic E-state index is 12.0. The van der Waals surface area contributed by atoms with E-state index in [1.54, 1.807) is 14.0 Å². The van der Waals surface area contributed by atoms with Crippen molar-refractivity contribution >= 4 is 27.3 Å². The summed E-state index contributed by atoms with van der Waals surface area (Å²) in [6, 6.07) is 2.01. The van der Waals surface area contributed by atoms with Gasteiger partial charge in [0.15, 0.2) is 5.78 Å². The molecule has 1 aromatic rings. The molecule has 0 heterocycles. The number of methoxy groups -OCH3 is 1. The van der Waals surface area contributed by atoms with Crippen molar-refractivity contribution < 1.29 is 9.53 Å². The highest BCUT2D eigenvalue weighted by atomic mass is 79.9. The van der Waals surface area contributed by atoms with Crippen LogP contribution in [0.5, 0.6) is 5.75 Å². The molecular weight excluding hydrogens is 328 g/mol. The summed E-state index contributed by atoms with van der Waals surface area (Å²) in [6.07, 6.45) is 3.31. The molecule has 0 atom stereocenters. The quantitative estimate of drug-likeness (QED) is 0.684. The van der Waals surface area contributed by atoms with Crippen molar-refractivity contribution in [3.8, 4) is 5.75 Å². The molecule has 2 nitrogen and oxygen atoms in total. The molecule has 3 heteroatoms. The molecule has 0 saturated carbocycles. The Morgan fingerprint density at radius 1 is 1.38 bits per heavy atom. The molecule has 0 radical (unpaired) electrons. The minimum Gasteiger partial charge on any atom is -0.495 e. The van der Waals surface area contributed by atoms with Crippen LogP contribution in [0.1, 0.15) is 62.5 Å². The average molecular weight is 351 g/mol. The summed E-state index contributed by atoms with van der Waals surface area (Å²) in [5.74, 6) is 1.11. The van der Waals surface area contributed by atoms with Crippen molar-refractivity contribution in [1.29, 1.82) is 0 Å². The van der Waals surface area contributed by atoms with Gasteiger partial charge in [0.25, 0.3) is 0 Å². The van der Waals surface area contributed by atoms with E-state index in [2.05, 4.69) is 49.7 Å². The topological polar surface area (TPSA) is 26.3 Å². The number of carbonyl (C=O) groups is 1. The van der Waals surface area contributed by atoms with Crippen LogP contribution in [0, 0.1) is 5.92 Å². The molecule has 0 amide bonds. The van der Waals surface area contributed by atoms with Gasteiger partial charge in [-0.25, -0.2) is 0 Å². The molecule has 0 saturated heterocycles. The average Bonchev–Trinajstić information content (AvgIpc) is 2.36. The van der Waals surface area contributed by atoms with Crippen LogP contribution in [0.2, 0.25) is 0 Å². The lowest BCUT2D eigenvalue weighted by atomic mass is 9.71. The molecule has 1 aliphatic carbocycles. The van der Waals surface area contributed by atoms with Crippen molar-refractivity contribution in [1.82, 2.24) is 0 Å². The molecule has 1 aromatic carbocycles. The lowest BCUT2D eigenvalue weighted by molar-refractivity contribution is 0.101. The summed E-state index contributed by atoms with van der Waals surface area (Å²) in [5.41, 5.74) is 4.41. The Bertz CT molecular complexity index is 625. The van der Waals surface area contributed by atoms with E-state index in [-0.39, 0.29) is 11.2 Å². The third-order valence-electron chi connectivity index (χ3n) is 4.25. The summed E-state index contributed by atoms with van der Waals surface area (Å²) in [6.45, 7) is 10.4. The van der Waals surface area contributed by atoms with Gasteiger partial charge in [0.2, 0.25) is 0 Å². The van der Waals surface area contributed by atoms with Crippen LogP contribution in [0.15, 0.2) is 16.6 Å². The molecule has 0 N–H and O–H groups in total. The molecule has 0 fully saturated rings. The van der Waals surface area contributed by atoms with Crippen LogP contribution in [0.4, 0.5) is 0 Å². The van der Waals surface area contributed by atoms with Crippen LogP contribution in [-0.2, 0) is 5.41 Å². The lowest BCUT2D eigenvalue weighted by Gasteiger charge is -2.35. The highest BCUT2D eigenvalue weighted by molar-refractivity contribution is 9.10. The first kappa shape index (κ1) is 16.3. The molecule has 1 aliphatic rings. The van der Waals surface area contributed by atoms with Crippen molar-refractivity contribution in [3.05, 3.63) is 33.3 Å². The summed E-state index contributed by atoms with van der Waals surface area (Å²) in [4.78, 5) is 12.0. The summed E-state index contributed by atoms with van der Waals surface area (Å²) in [5, 5.41) is 0. The highest BCUT2D eigenvalue weighted by Crippen LogP contribution is 2.48. The second-order valence-electron chi connectivity index (χ2n) is 6.65. The number of Topliss-reactive ketones (excluding diaryl/α,β-unsaturated/α-hetero) is 1. The number of carbonyl (C=O) groups excluding carboxylic acids is 1. The van der Waals surface area contributed by atoms with Crippen LogP contribution >= 0.6 is 15.9 Å². The van der Waals surface area contributed by atoms with Crippen molar-refractivity contribution in [3.63, 3.8) is 0 Å². The summed E-state index contributed by atoms with van der Waals surface area (Å²) in [7, 11) is 1.62. The lowest BCUT2D eigenvalue weighted by Crippen LogP contribution is -2.24. The predicted octanol–water partition coefficient (Wildman–Crippen LogP) is 5.38. The Kier molecular flexibility index (Phi) is 4.34. The molecule has 0 spiro atoms. The third kappa shape index (κ3) is 2.68. The van der Waals surface area contributed by atoms with E-state index in [0.29, 0.717) is 17.2 Å². The standard InChI is InChI=1S/C18H23BrO2/c1-10(2)12-7-8-18(4,5)15-14(12)9-13(11(3)20)17(21-6)16(15)19/h7,9-10H,8H2,1-6H3. The zero-order valence-electron chi connectivity index (χ0n) is 13.6. The van der Waals surface area contributed by atoms with Crippen molar-refractivity contribution in [2.45, 2.75) is 46.5 Å². The van der Waals surface area contributed by atoms with Gasteiger partial charge in [-0.2, -0.15) is 0 Å². The Morgan fingerprint density at radius 2 is 2.00 bits per heavy atom. The fourth-order valence-corrected chi connectivity index (χ4v) is 4.23. The number of hydrogen-bond acceptors (Lipinski definition) is 2. The fraction of sp³-hybridized carbons (Fsp3) is 0.500. The van der Waals surface area contributed by atoms with E-state index >= 15 is 0 Å². The predicted molar refractivity (Wildman–Crippen MR) is 91.2 cm³/mol. The number of halogens is 1. The summed E-state index contributed by atoms with van der Waals surface area (Å²) >= 11 is 3.69. The van der Waals surface area contributed by atoms with Gasteiger partial charge in [-0.05, 0) is 63.4 Å². The highest BCUT2D eigenvalue weighted by Gasteiger charge is 2.34. The Balaban J connectivity index is 2.85. The molecule has 2 rings (SSSR count). The zero-order chi connectivity index (χ0) is 15.9. The van der Waals surface area contributed by atoms with Crippen molar-refractivity contribution in [2.24, 2.45) is 5.92 Å². The first-order chi connectivity index (χ1) is 9.70. The number of rotatable bonds is 3. The Morgan fingerprint density at radius 3 is 2.48 bits per heavy atom. The molecule has 0 aliphatic heterocycles. The van der Waals surface area contributed by atoms with Crippen LogP contribution in [0.25, 0.3) is 5.57 Å². The fourth-order valence-electron chi connectivity index (χ4n) is 3.11.